The third-order valence-corrected chi connectivity index (χ3v) is 6.91. The van der Waals surface area contributed by atoms with Crippen molar-refractivity contribution in [2.75, 3.05) is 32.7 Å². The highest BCUT2D eigenvalue weighted by atomic mass is 35.5. The number of rotatable bonds is 5. The third kappa shape index (κ3) is 4.21. The molecule has 1 fully saturated rings. The van der Waals surface area contributed by atoms with Crippen molar-refractivity contribution in [2.45, 2.75) is 19.1 Å². The Kier molecular flexibility index (Phi) is 5.94. The molecule has 148 valence electrons. The van der Waals surface area contributed by atoms with Gasteiger partial charge >= 0.3 is 0 Å². The van der Waals surface area contributed by atoms with Gasteiger partial charge in [0.25, 0.3) is 0 Å². The van der Waals surface area contributed by atoms with E-state index < -0.39 is 11.9 Å². The standard InChI is InChI=1S/C21H23ClFN3OS/c1-14(21-24-18-4-2-3-5-20(18)28-21)26-10-8-25(9-11-26)13-19(27)16-7-6-15(23)12-17(16)22/h2-7,12,14,19,27H,8-11,13H2,1H3. The summed E-state index contributed by atoms with van der Waals surface area (Å²) in [6.07, 6.45) is -0.721. The van der Waals surface area contributed by atoms with Gasteiger partial charge < -0.3 is 5.11 Å². The molecule has 1 N–H and O–H groups in total. The number of thiazole rings is 1. The largest absolute Gasteiger partial charge is 0.387 e. The van der Waals surface area contributed by atoms with E-state index in [0.717, 1.165) is 36.7 Å². The van der Waals surface area contributed by atoms with Gasteiger partial charge in [-0.05, 0) is 31.2 Å². The molecule has 1 aliphatic rings. The fourth-order valence-corrected chi connectivity index (χ4v) is 5.02. The van der Waals surface area contributed by atoms with Crippen molar-refractivity contribution in [2.24, 2.45) is 0 Å². The van der Waals surface area contributed by atoms with Crippen LogP contribution in [0, 0.1) is 5.82 Å². The minimum Gasteiger partial charge on any atom is -0.387 e. The predicted molar refractivity (Wildman–Crippen MR) is 112 cm³/mol. The van der Waals surface area contributed by atoms with Crippen LogP contribution in [0.5, 0.6) is 0 Å². The molecule has 1 saturated heterocycles. The molecule has 3 aromatic rings. The van der Waals surface area contributed by atoms with E-state index in [4.69, 9.17) is 16.6 Å². The Morgan fingerprint density at radius 1 is 1.18 bits per heavy atom. The van der Waals surface area contributed by atoms with Crippen LogP contribution in [0.2, 0.25) is 5.02 Å². The van der Waals surface area contributed by atoms with Crippen molar-refractivity contribution < 1.29 is 9.50 Å². The second kappa shape index (κ2) is 8.43. The van der Waals surface area contributed by atoms with Crippen LogP contribution >= 0.6 is 22.9 Å². The Morgan fingerprint density at radius 3 is 2.64 bits per heavy atom. The van der Waals surface area contributed by atoms with E-state index in [9.17, 15) is 9.50 Å². The van der Waals surface area contributed by atoms with Gasteiger partial charge in [-0.15, -0.1) is 11.3 Å². The Balaban J connectivity index is 1.35. The fourth-order valence-electron chi connectivity index (χ4n) is 3.67. The number of aliphatic hydroxyl groups excluding tert-OH is 1. The van der Waals surface area contributed by atoms with Crippen molar-refractivity contribution in [1.82, 2.24) is 14.8 Å². The number of halogens is 2. The number of hydrogen-bond acceptors (Lipinski definition) is 5. The highest BCUT2D eigenvalue weighted by Crippen LogP contribution is 2.30. The number of para-hydroxylation sites is 1. The topological polar surface area (TPSA) is 39.6 Å². The molecular formula is C21H23ClFN3OS. The Bertz CT molecular complexity index is 925. The zero-order valence-electron chi connectivity index (χ0n) is 15.7. The molecule has 28 heavy (non-hydrogen) atoms. The summed E-state index contributed by atoms with van der Waals surface area (Å²) in [7, 11) is 0. The van der Waals surface area contributed by atoms with Gasteiger partial charge in [-0.25, -0.2) is 9.37 Å². The van der Waals surface area contributed by atoms with Crippen molar-refractivity contribution in [3.8, 4) is 0 Å². The molecule has 7 heteroatoms. The first-order valence-electron chi connectivity index (χ1n) is 9.46. The SMILES string of the molecule is CC(c1nc2ccccc2s1)N1CCN(CC(O)c2ccc(F)cc2Cl)CC1. The van der Waals surface area contributed by atoms with Gasteiger partial charge in [-0.3, -0.25) is 9.80 Å². The van der Waals surface area contributed by atoms with E-state index in [1.807, 2.05) is 12.1 Å². The van der Waals surface area contributed by atoms with Crippen LogP contribution in [-0.2, 0) is 0 Å². The van der Waals surface area contributed by atoms with E-state index in [0.29, 0.717) is 12.1 Å². The minimum atomic E-state index is -0.721. The first kappa shape index (κ1) is 19.7. The summed E-state index contributed by atoms with van der Waals surface area (Å²) in [4.78, 5) is 9.45. The number of aromatic nitrogens is 1. The zero-order chi connectivity index (χ0) is 19.7. The van der Waals surface area contributed by atoms with E-state index >= 15 is 0 Å². The number of β-amino-alcohol motifs (C(OH)–C–C–N with tert-alkyl or cyclic N) is 1. The molecule has 0 amide bonds. The van der Waals surface area contributed by atoms with Crippen molar-refractivity contribution in [3.63, 3.8) is 0 Å². The molecule has 0 radical (unpaired) electrons. The van der Waals surface area contributed by atoms with Crippen molar-refractivity contribution >= 4 is 33.2 Å². The normalized spacial score (nSPS) is 18.4. The lowest BCUT2D eigenvalue weighted by atomic mass is 10.1. The predicted octanol–water partition coefficient (Wildman–Crippen LogP) is 4.50. The average Bonchev–Trinajstić information content (AvgIpc) is 3.12. The van der Waals surface area contributed by atoms with Crippen LogP contribution < -0.4 is 0 Å². The summed E-state index contributed by atoms with van der Waals surface area (Å²) in [5.41, 5.74) is 1.64. The highest BCUT2D eigenvalue weighted by molar-refractivity contribution is 7.18. The number of benzene rings is 2. The molecule has 2 unspecified atom stereocenters. The Hall–Kier alpha value is -1.57. The number of nitrogens with zero attached hydrogens (tertiary/aromatic N) is 3. The van der Waals surface area contributed by atoms with E-state index in [2.05, 4.69) is 28.9 Å². The number of fused-ring (bicyclic) bond motifs is 1. The average molecular weight is 420 g/mol. The molecule has 0 bridgehead atoms. The van der Waals surface area contributed by atoms with E-state index in [1.165, 1.54) is 16.8 Å². The van der Waals surface area contributed by atoms with Gasteiger partial charge in [0.2, 0.25) is 0 Å². The second-order valence-corrected chi connectivity index (χ2v) is 8.68. The van der Waals surface area contributed by atoms with Gasteiger partial charge in [-0.1, -0.05) is 29.8 Å². The maximum absolute atomic E-state index is 13.2. The molecule has 2 heterocycles. The van der Waals surface area contributed by atoms with Crippen molar-refractivity contribution in [3.05, 3.63) is 63.9 Å². The minimum absolute atomic E-state index is 0.274. The second-order valence-electron chi connectivity index (χ2n) is 7.21. The van der Waals surface area contributed by atoms with E-state index in [-0.39, 0.29) is 11.1 Å². The van der Waals surface area contributed by atoms with Gasteiger partial charge in [0, 0.05) is 43.3 Å². The summed E-state index contributed by atoms with van der Waals surface area (Å²) in [6.45, 7) is 6.27. The number of piperazine rings is 1. The molecule has 1 aliphatic heterocycles. The number of aliphatic hydroxyl groups is 1. The molecule has 0 spiro atoms. The maximum Gasteiger partial charge on any atom is 0.124 e. The van der Waals surface area contributed by atoms with Gasteiger partial charge in [0.05, 0.1) is 22.4 Å². The smallest absolute Gasteiger partial charge is 0.124 e. The highest BCUT2D eigenvalue weighted by Gasteiger charge is 2.26. The molecule has 0 saturated carbocycles. The van der Waals surface area contributed by atoms with Gasteiger partial charge in [-0.2, -0.15) is 0 Å². The summed E-state index contributed by atoms with van der Waals surface area (Å²) >= 11 is 7.83. The fraction of sp³-hybridized carbons (Fsp3) is 0.381. The Labute approximate surface area is 173 Å². The van der Waals surface area contributed by atoms with Gasteiger partial charge in [0.15, 0.2) is 0 Å². The summed E-state index contributed by atoms with van der Waals surface area (Å²) in [5.74, 6) is -0.390. The summed E-state index contributed by atoms with van der Waals surface area (Å²) in [6, 6.07) is 12.7. The van der Waals surface area contributed by atoms with Crippen LogP contribution in [-0.4, -0.2) is 52.6 Å². The first-order valence-corrected chi connectivity index (χ1v) is 10.7. The quantitative estimate of drug-likeness (QED) is 0.660. The van der Waals surface area contributed by atoms with Crippen molar-refractivity contribution in [1.29, 1.82) is 0 Å². The van der Waals surface area contributed by atoms with Crippen LogP contribution in [0.3, 0.4) is 0 Å². The zero-order valence-corrected chi connectivity index (χ0v) is 17.3. The van der Waals surface area contributed by atoms with Crippen LogP contribution in [0.15, 0.2) is 42.5 Å². The first-order chi connectivity index (χ1) is 13.5. The number of hydrogen-bond donors (Lipinski definition) is 1. The summed E-state index contributed by atoms with van der Waals surface area (Å²) in [5, 5.41) is 11.9. The molecule has 4 nitrogen and oxygen atoms in total. The van der Waals surface area contributed by atoms with Crippen LogP contribution in [0.25, 0.3) is 10.2 Å². The molecule has 2 atom stereocenters. The third-order valence-electron chi connectivity index (χ3n) is 5.38. The lowest BCUT2D eigenvalue weighted by Gasteiger charge is -2.38. The van der Waals surface area contributed by atoms with Crippen LogP contribution in [0.4, 0.5) is 4.39 Å². The van der Waals surface area contributed by atoms with Gasteiger partial charge in [0.1, 0.15) is 10.8 Å². The molecule has 2 aromatic carbocycles. The molecule has 1 aromatic heterocycles. The monoisotopic (exact) mass is 419 g/mol. The van der Waals surface area contributed by atoms with E-state index in [1.54, 1.807) is 17.4 Å². The lowest BCUT2D eigenvalue weighted by Crippen LogP contribution is -2.48. The molecule has 0 aliphatic carbocycles. The maximum atomic E-state index is 13.2. The lowest BCUT2D eigenvalue weighted by molar-refractivity contribution is 0.0589. The molecular weight excluding hydrogens is 397 g/mol. The van der Waals surface area contributed by atoms with Crippen LogP contribution in [0.1, 0.15) is 29.6 Å². The molecule has 4 rings (SSSR count). The summed E-state index contributed by atoms with van der Waals surface area (Å²) < 4.78 is 14.4. The Morgan fingerprint density at radius 2 is 1.93 bits per heavy atom.